The van der Waals surface area contributed by atoms with E-state index < -0.39 is 0 Å². The second-order valence-electron chi connectivity index (χ2n) is 6.34. The SMILES string of the molecule is CCOc1cc(CCN)ccc1OCCOc1ccc(-c2ccccc2)cc1. The molecular formula is C24H27NO3. The molecule has 0 fully saturated rings. The van der Waals surface area contributed by atoms with Gasteiger partial charge in [0.05, 0.1) is 6.61 Å². The van der Waals surface area contributed by atoms with Crippen molar-refractivity contribution in [1.82, 2.24) is 0 Å². The summed E-state index contributed by atoms with van der Waals surface area (Å²) in [6, 6.07) is 24.3. The van der Waals surface area contributed by atoms with Crippen molar-refractivity contribution in [2.75, 3.05) is 26.4 Å². The zero-order valence-electron chi connectivity index (χ0n) is 16.3. The molecule has 4 heteroatoms. The molecule has 0 unspecified atom stereocenters. The second kappa shape index (κ2) is 10.4. The first-order valence-corrected chi connectivity index (χ1v) is 9.67. The van der Waals surface area contributed by atoms with Gasteiger partial charge < -0.3 is 19.9 Å². The van der Waals surface area contributed by atoms with E-state index in [1.54, 1.807) is 0 Å². The smallest absolute Gasteiger partial charge is 0.161 e. The van der Waals surface area contributed by atoms with Crippen LogP contribution in [0.4, 0.5) is 0 Å². The Hall–Kier alpha value is -2.98. The summed E-state index contributed by atoms with van der Waals surface area (Å²) in [4.78, 5) is 0. The van der Waals surface area contributed by atoms with Gasteiger partial charge >= 0.3 is 0 Å². The number of nitrogens with two attached hydrogens (primary N) is 1. The average molecular weight is 377 g/mol. The summed E-state index contributed by atoms with van der Waals surface area (Å²) < 4.78 is 17.3. The van der Waals surface area contributed by atoms with Crippen molar-refractivity contribution in [1.29, 1.82) is 0 Å². The first kappa shape index (κ1) is 19.8. The normalized spacial score (nSPS) is 10.5. The maximum Gasteiger partial charge on any atom is 0.161 e. The Kier molecular flexibility index (Phi) is 7.33. The maximum atomic E-state index is 5.86. The Morgan fingerprint density at radius 2 is 1.43 bits per heavy atom. The van der Waals surface area contributed by atoms with Crippen LogP contribution in [0.25, 0.3) is 11.1 Å². The van der Waals surface area contributed by atoms with Crippen LogP contribution in [0.1, 0.15) is 12.5 Å². The number of hydrogen-bond donors (Lipinski definition) is 1. The van der Waals surface area contributed by atoms with Crippen LogP contribution in [0.2, 0.25) is 0 Å². The van der Waals surface area contributed by atoms with E-state index in [2.05, 4.69) is 24.3 Å². The van der Waals surface area contributed by atoms with Gasteiger partial charge in [-0.15, -0.1) is 0 Å². The zero-order valence-corrected chi connectivity index (χ0v) is 16.3. The Bertz CT molecular complexity index is 847. The largest absolute Gasteiger partial charge is 0.490 e. The highest BCUT2D eigenvalue weighted by Crippen LogP contribution is 2.29. The van der Waals surface area contributed by atoms with E-state index in [0.717, 1.165) is 29.2 Å². The molecule has 0 atom stereocenters. The van der Waals surface area contributed by atoms with Crippen molar-refractivity contribution in [3.63, 3.8) is 0 Å². The molecule has 0 aliphatic carbocycles. The number of ether oxygens (including phenoxy) is 3. The van der Waals surface area contributed by atoms with Gasteiger partial charge in [-0.3, -0.25) is 0 Å². The summed E-state index contributed by atoms with van der Waals surface area (Å²) >= 11 is 0. The lowest BCUT2D eigenvalue weighted by molar-refractivity contribution is 0.208. The van der Waals surface area contributed by atoms with Gasteiger partial charge in [-0.05, 0) is 60.8 Å². The molecule has 0 radical (unpaired) electrons. The van der Waals surface area contributed by atoms with E-state index in [1.807, 2.05) is 55.5 Å². The summed E-state index contributed by atoms with van der Waals surface area (Å²) in [6.45, 7) is 4.06. The molecule has 146 valence electrons. The van der Waals surface area contributed by atoms with Gasteiger partial charge in [-0.1, -0.05) is 48.5 Å². The van der Waals surface area contributed by atoms with Crippen LogP contribution in [0.5, 0.6) is 17.2 Å². The van der Waals surface area contributed by atoms with E-state index in [-0.39, 0.29) is 0 Å². The van der Waals surface area contributed by atoms with Crippen LogP contribution in [0.3, 0.4) is 0 Å². The van der Waals surface area contributed by atoms with Crippen molar-refractivity contribution < 1.29 is 14.2 Å². The molecule has 0 aliphatic rings. The number of benzene rings is 3. The minimum atomic E-state index is 0.441. The fourth-order valence-electron chi connectivity index (χ4n) is 2.95. The third-order valence-electron chi connectivity index (χ3n) is 4.31. The summed E-state index contributed by atoms with van der Waals surface area (Å²) in [5.41, 5.74) is 9.14. The number of hydrogen-bond acceptors (Lipinski definition) is 4. The summed E-state index contributed by atoms with van der Waals surface area (Å²) in [7, 11) is 0. The molecule has 3 aromatic carbocycles. The molecule has 4 nitrogen and oxygen atoms in total. The molecule has 3 aromatic rings. The topological polar surface area (TPSA) is 53.7 Å². The lowest BCUT2D eigenvalue weighted by Crippen LogP contribution is -2.10. The molecule has 0 bridgehead atoms. The van der Waals surface area contributed by atoms with Crippen molar-refractivity contribution in [3.05, 3.63) is 78.4 Å². The summed E-state index contributed by atoms with van der Waals surface area (Å²) in [6.07, 6.45) is 0.822. The van der Waals surface area contributed by atoms with Gasteiger partial charge in [0, 0.05) is 0 Å². The molecule has 0 saturated carbocycles. The minimum Gasteiger partial charge on any atom is -0.490 e. The Morgan fingerprint density at radius 3 is 2.14 bits per heavy atom. The van der Waals surface area contributed by atoms with Crippen LogP contribution < -0.4 is 19.9 Å². The Balaban J connectivity index is 1.51. The molecule has 2 N–H and O–H groups in total. The first-order valence-electron chi connectivity index (χ1n) is 9.67. The molecule has 28 heavy (non-hydrogen) atoms. The van der Waals surface area contributed by atoms with Crippen LogP contribution in [0.15, 0.2) is 72.8 Å². The van der Waals surface area contributed by atoms with E-state index >= 15 is 0 Å². The summed E-state index contributed by atoms with van der Waals surface area (Å²) in [5.74, 6) is 2.30. The molecule has 0 aliphatic heterocycles. The van der Waals surface area contributed by atoms with Gasteiger partial charge in [-0.25, -0.2) is 0 Å². The lowest BCUT2D eigenvalue weighted by Gasteiger charge is -2.14. The lowest BCUT2D eigenvalue weighted by atomic mass is 10.1. The van der Waals surface area contributed by atoms with Gasteiger partial charge in [-0.2, -0.15) is 0 Å². The molecule has 0 spiro atoms. The quantitative estimate of drug-likeness (QED) is 0.520. The van der Waals surface area contributed by atoms with Crippen LogP contribution in [-0.2, 0) is 6.42 Å². The molecule has 0 saturated heterocycles. The highest BCUT2D eigenvalue weighted by Gasteiger charge is 2.07. The van der Waals surface area contributed by atoms with Crippen molar-refractivity contribution in [3.8, 4) is 28.4 Å². The summed E-state index contributed by atoms with van der Waals surface area (Å²) in [5, 5.41) is 0. The first-order chi connectivity index (χ1) is 13.8. The molecule has 0 heterocycles. The van der Waals surface area contributed by atoms with E-state index in [4.69, 9.17) is 19.9 Å². The minimum absolute atomic E-state index is 0.441. The Labute approximate surface area is 166 Å². The van der Waals surface area contributed by atoms with E-state index in [0.29, 0.717) is 26.4 Å². The molecule has 0 aromatic heterocycles. The number of rotatable bonds is 10. The zero-order chi connectivity index (χ0) is 19.6. The predicted molar refractivity (Wildman–Crippen MR) is 113 cm³/mol. The fourth-order valence-corrected chi connectivity index (χ4v) is 2.95. The molecule has 3 rings (SSSR count). The van der Waals surface area contributed by atoms with Gasteiger partial charge in [0.2, 0.25) is 0 Å². The van der Waals surface area contributed by atoms with E-state index in [9.17, 15) is 0 Å². The molecule has 0 amide bonds. The average Bonchev–Trinajstić information content (AvgIpc) is 2.74. The van der Waals surface area contributed by atoms with Gasteiger partial charge in [0.1, 0.15) is 19.0 Å². The Morgan fingerprint density at radius 1 is 0.714 bits per heavy atom. The van der Waals surface area contributed by atoms with Crippen molar-refractivity contribution in [2.45, 2.75) is 13.3 Å². The fraction of sp³-hybridized carbons (Fsp3) is 0.250. The van der Waals surface area contributed by atoms with Crippen LogP contribution >= 0.6 is 0 Å². The second-order valence-corrected chi connectivity index (χ2v) is 6.34. The predicted octanol–water partition coefficient (Wildman–Crippen LogP) is 4.71. The van der Waals surface area contributed by atoms with Gasteiger partial charge in [0.25, 0.3) is 0 Å². The standard InChI is InChI=1S/C24H27NO3/c1-2-26-24-18-19(14-15-25)8-13-23(24)28-17-16-27-22-11-9-21(10-12-22)20-6-4-3-5-7-20/h3-13,18H,2,14-17,25H2,1H3. The highest BCUT2D eigenvalue weighted by molar-refractivity contribution is 5.63. The van der Waals surface area contributed by atoms with Crippen LogP contribution in [0, 0.1) is 0 Å². The maximum absolute atomic E-state index is 5.86. The third-order valence-corrected chi connectivity index (χ3v) is 4.31. The molecular weight excluding hydrogens is 350 g/mol. The van der Waals surface area contributed by atoms with E-state index in [1.165, 1.54) is 11.1 Å². The van der Waals surface area contributed by atoms with Crippen molar-refractivity contribution >= 4 is 0 Å². The monoisotopic (exact) mass is 377 g/mol. The van der Waals surface area contributed by atoms with Crippen LogP contribution in [-0.4, -0.2) is 26.4 Å². The van der Waals surface area contributed by atoms with Gasteiger partial charge in [0.15, 0.2) is 11.5 Å². The third kappa shape index (κ3) is 5.51. The highest BCUT2D eigenvalue weighted by atomic mass is 16.5. The van der Waals surface area contributed by atoms with Crippen molar-refractivity contribution in [2.24, 2.45) is 5.73 Å².